The van der Waals surface area contributed by atoms with Gasteiger partial charge in [0.15, 0.2) is 0 Å². The van der Waals surface area contributed by atoms with Crippen LogP contribution in [0.1, 0.15) is 47.0 Å². The van der Waals surface area contributed by atoms with Crippen LogP contribution in [0.2, 0.25) is 0 Å². The summed E-state index contributed by atoms with van der Waals surface area (Å²) < 4.78 is 13.4. The lowest BCUT2D eigenvalue weighted by Crippen LogP contribution is -2.42. The number of nitrogens with one attached hydrogen (secondary N) is 1. The van der Waals surface area contributed by atoms with E-state index < -0.39 is 5.67 Å². The number of hydrogen-bond donors (Lipinski definition) is 1. The average molecular weight is 173 g/mol. The first-order valence-corrected chi connectivity index (χ1v) is 4.75. The van der Waals surface area contributed by atoms with Crippen molar-refractivity contribution in [2.45, 2.75) is 64.2 Å². The van der Waals surface area contributed by atoms with Crippen LogP contribution < -0.4 is 5.32 Å². The number of rotatable bonds is 1. The van der Waals surface area contributed by atoms with Crippen LogP contribution >= 0.6 is 0 Å². The molecule has 1 nitrogen and oxygen atoms in total. The molecule has 2 atom stereocenters. The van der Waals surface area contributed by atoms with E-state index in [1.807, 2.05) is 0 Å². The highest BCUT2D eigenvalue weighted by molar-refractivity contribution is 4.92. The molecule has 0 aromatic rings. The van der Waals surface area contributed by atoms with Gasteiger partial charge >= 0.3 is 0 Å². The maximum atomic E-state index is 13.4. The lowest BCUT2D eigenvalue weighted by molar-refractivity contribution is 0.191. The molecule has 2 heteroatoms. The van der Waals surface area contributed by atoms with Crippen LogP contribution in [0, 0.1) is 0 Å². The zero-order valence-electron chi connectivity index (χ0n) is 8.58. The molecule has 2 unspecified atom stereocenters. The number of hydrogen-bond acceptors (Lipinski definition) is 1. The summed E-state index contributed by atoms with van der Waals surface area (Å²) in [6.07, 6.45) is 2.36. The Morgan fingerprint density at radius 3 is 2.33 bits per heavy atom. The minimum Gasteiger partial charge on any atom is -0.309 e. The van der Waals surface area contributed by atoms with Crippen molar-refractivity contribution in [3.05, 3.63) is 0 Å². The Bertz CT molecular complexity index is 158. The van der Waals surface area contributed by atoms with E-state index in [9.17, 15) is 4.39 Å². The summed E-state index contributed by atoms with van der Waals surface area (Å²) in [6, 6.07) is 0.375. The van der Waals surface area contributed by atoms with E-state index >= 15 is 0 Å². The van der Waals surface area contributed by atoms with Crippen LogP contribution in [0.15, 0.2) is 0 Å². The molecule has 0 aliphatic heterocycles. The molecule has 1 N–H and O–H groups in total. The van der Waals surface area contributed by atoms with Gasteiger partial charge in [0.25, 0.3) is 0 Å². The van der Waals surface area contributed by atoms with E-state index in [1.165, 1.54) is 0 Å². The van der Waals surface area contributed by atoms with Gasteiger partial charge < -0.3 is 5.32 Å². The van der Waals surface area contributed by atoms with Crippen LogP contribution in [-0.2, 0) is 0 Å². The van der Waals surface area contributed by atoms with Crippen molar-refractivity contribution in [2.75, 3.05) is 0 Å². The zero-order valence-corrected chi connectivity index (χ0v) is 8.58. The van der Waals surface area contributed by atoms with Gasteiger partial charge in [-0.05, 0) is 47.0 Å². The fourth-order valence-electron chi connectivity index (χ4n) is 1.93. The molecule has 12 heavy (non-hydrogen) atoms. The van der Waals surface area contributed by atoms with Crippen LogP contribution in [0.3, 0.4) is 0 Å². The summed E-state index contributed by atoms with van der Waals surface area (Å²) in [6.45, 7) is 8.08. The molecule has 1 aliphatic carbocycles. The molecular formula is C10H20FN. The largest absolute Gasteiger partial charge is 0.309 e. The molecule has 0 bridgehead atoms. The van der Waals surface area contributed by atoms with Crippen LogP contribution in [-0.4, -0.2) is 17.2 Å². The molecule has 0 amide bonds. The Morgan fingerprint density at radius 2 is 2.00 bits per heavy atom. The SMILES string of the molecule is CC1(F)CCC(NC(C)(C)C)C1. The smallest absolute Gasteiger partial charge is 0.109 e. The number of halogens is 1. The highest BCUT2D eigenvalue weighted by Crippen LogP contribution is 2.33. The van der Waals surface area contributed by atoms with Gasteiger partial charge in [0.1, 0.15) is 5.67 Å². The molecule has 0 radical (unpaired) electrons. The molecule has 1 saturated carbocycles. The van der Waals surface area contributed by atoms with Gasteiger partial charge in [-0.1, -0.05) is 0 Å². The Hall–Kier alpha value is -0.110. The fraction of sp³-hybridized carbons (Fsp3) is 1.00. The molecule has 1 aliphatic rings. The molecule has 0 aromatic carbocycles. The summed E-state index contributed by atoms with van der Waals surface area (Å²) in [5.74, 6) is 0. The van der Waals surface area contributed by atoms with Crippen LogP contribution in [0.5, 0.6) is 0 Å². The van der Waals surface area contributed by atoms with Crippen LogP contribution in [0.25, 0.3) is 0 Å². The summed E-state index contributed by atoms with van der Waals surface area (Å²) in [5.41, 5.74) is -0.812. The highest BCUT2D eigenvalue weighted by Gasteiger charge is 2.36. The van der Waals surface area contributed by atoms with Gasteiger partial charge in [-0.15, -0.1) is 0 Å². The Balaban J connectivity index is 2.39. The predicted octanol–water partition coefficient (Wildman–Crippen LogP) is 2.66. The third-order valence-corrected chi connectivity index (χ3v) is 2.32. The van der Waals surface area contributed by atoms with Gasteiger partial charge in [-0.2, -0.15) is 0 Å². The first kappa shape index (κ1) is 9.97. The minimum atomic E-state index is -0.928. The minimum absolute atomic E-state index is 0.116. The third kappa shape index (κ3) is 3.10. The summed E-state index contributed by atoms with van der Waals surface area (Å²) >= 11 is 0. The first-order chi connectivity index (χ1) is 5.29. The predicted molar refractivity (Wildman–Crippen MR) is 50.0 cm³/mol. The second-order valence-electron chi connectivity index (χ2n) is 5.25. The molecule has 72 valence electrons. The van der Waals surface area contributed by atoms with E-state index in [4.69, 9.17) is 0 Å². The van der Waals surface area contributed by atoms with Crippen molar-refractivity contribution < 1.29 is 4.39 Å². The van der Waals surface area contributed by atoms with Crippen molar-refractivity contribution in [1.82, 2.24) is 5.32 Å². The summed E-state index contributed by atoms with van der Waals surface area (Å²) in [7, 11) is 0. The lowest BCUT2D eigenvalue weighted by atomic mass is 10.0. The lowest BCUT2D eigenvalue weighted by Gasteiger charge is -2.26. The zero-order chi connectivity index (χ0) is 9.41. The fourth-order valence-corrected chi connectivity index (χ4v) is 1.93. The van der Waals surface area contributed by atoms with Gasteiger partial charge in [0.05, 0.1) is 0 Å². The topological polar surface area (TPSA) is 12.0 Å². The molecular weight excluding hydrogens is 153 g/mol. The molecule has 0 aromatic heterocycles. The van der Waals surface area contributed by atoms with Crippen molar-refractivity contribution in [1.29, 1.82) is 0 Å². The van der Waals surface area contributed by atoms with Gasteiger partial charge in [-0.3, -0.25) is 0 Å². The van der Waals surface area contributed by atoms with E-state index in [-0.39, 0.29) is 5.54 Å². The molecule has 1 rings (SSSR count). The standard InChI is InChI=1S/C10H20FN/c1-9(2,3)12-8-5-6-10(4,11)7-8/h8,12H,5-7H2,1-4H3. The molecule has 0 heterocycles. The van der Waals surface area contributed by atoms with E-state index in [0.717, 1.165) is 6.42 Å². The van der Waals surface area contributed by atoms with Crippen molar-refractivity contribution in [3.63, 3.8) is 0 Å². The summed E-state index contributed by atoms with van der Waals surface area (Å²) in [4.78, 5) is 0. The Morgan fingerprint density at radius 1 is 1.42 bits per heavy atom. The first-order valence-electron chi connectivity index (χ1n) is 4.75. The highest BCUT2D eigenvalue weighted by atomic mass is 19.1. The Kier molecular flexibility index (Phi) is 2.48. The molecule has 1 fully saturated rings. The van der Waals surface area contributed by atoms with E-state index in [2.05, 4.69) is 26.1 Å². The van der Waals surface area contributed by atoms with E-state index in [1.54, 1.807) is 6.92 Å². The molecule has 0 spiro atoms. The van der Waals surface area contributed by atoms with Crippen molar-refractivity contribution >= 4 is 0 Å². The molecule has 0 saturated heterocycles. The monoisotopic (exact) mass is 173 g/mol. The van der Waals surface area contributed by atoms with Gasteiger partial charge in [0.2, 0.25) is 0 Å². The van der Waals surface area contributed by atoms with Crippen LogP contribution in [0.4, 0.5) is 4.39 Å². The quantitative estimate of drug-likeness (QED) is 0.643. The maximum Gasteiger partial charge on any atom is 0.109 e. The second-order valence-corrected chi connectivity index (χ2v) is 5.25. The van der Waals surface area contributed by atoms with Crippen molar-refractivity contribution in [3.8, 4) is 0 Å². The maximum absolute atomic E-state index is 13.4. The summed E-state index contributed by atoms with van der Waals surface area (Å²) in [5, 5.41) is 3.43. The van der Waals surface area contributed by atoms with E-state index in [0.29, 0.717) is 18.9 Å². The Labute approximate surface area is 74.7 Å². The second kappa shape index (κ2) is 2.99. The van der Waals surface area contributed by atoms with Gasteiger partial charge in [0, 0.05) is 11.6 Å². The van der Waals surface area contributed by atoms with Gasteiger partial charge in [-0.25, -0.2) is 4.39 Å². The number of alkyl halides is 1. The average Bonchev–Trinajstić information content (AvgIpc) is 2.05. The van der Waals surface area contributed by atoms with Crippen molar-refractivity contribution in [2.24, 2.45) is 0 Å². The third-order valence-electron chi connectivity index (χ3n) is 2.32. The normalized spacial score (nSPS) is 37.2.